The average molecular weight is 359 g/mol. The van der Waals surface area contributed by atoms with Crippen LogP contribution >= 0.6 is 0 Å². The predicted molar refractivity (Wildman–Crippen MR) is 100 cm³/mol. The van der Waals surface area contributed by atoms with E-state index in [-0.39, 0.29) is 17.1 Å². The summed E-state index contributed by atoms with van der Waals surface area (Å²) in [5, 5.41) is 3.69. The second-order valence-electron chi connectivity index (χ2n) is 8.76. The summed E-state index contributed by atoms with van der Waals surface area (Å²) in [4.78, 5) is 14.7. The zero-order valence-electron chi connectivity index (χ0n) is 15.5. The minimum atomic E-state index is -0.594. The molecule has 5 heteroatoms. The fraction of sp³-hybridized carbons (Fsp3) is 0.667. The van der Waals surface area contributed by atoms with Crippen LogP contribution in [0.5, 0.6) is 0 Å². The van der Waals surface area contributed by atoms with Gasteiger partial charge in [-0.05, 0) is 74.5 Å². The maximum atomic E-state index is 13.2. The minimum absolute atomic E-state index is 0.137. The lowest BCUT2D eigenvalue weighted by Gasteiger charge is -2.46. The maximum absolute atomic E-state index is 13.2. The molecule has 1 aliphatic heterocycles. The van der Waals surface area contributed by atoms with Gasteiger partial charge in [0.2, 0.25) is 5.91 Å². The molecule has 26 heavy (non-hydrogen) atoms. The molecule has 0 atom stereocenters. The van der Waals surface area contributed by atoms with Crippen LogP contribution in [-0.2, 0) is 11.2 Å². The van der Waals surface area contributed by atoms with E-state index in [1.165, 1.54) is 18.4 Å². The second kappa shape index (κ2) is 6.93. The molecule has 0 spiro atoms. The molecule has 1 amide bonds. The number of amides is 1. The Morgan fingerprint density at radius 2 is 1.81 bits per heavy atom. The van der Waals surface area contributed by atoms with Crippen LogP contribution in [0.15, 0.2) is 24.3 Å². The molecule has 0 unspecified atom stereocenters. The lowest BCUT2D eigenvalue weighted by molar-refractivity contribution is -0.142. The summed E-state index contributed by atoms with van der Waals surface area (Å²) in [6.45, 7) is 2.54. The number of carbonyl (C=O) groups excluding carboxylic acids is 1. The van der Waals surface area contributed by atoms with Gasteiger partial charge in [0.1, 0.15) is 5.82 Å². The Morgan fingerprint density at radius 3 is 2.35 bits per heavy atom. The first kappa shape index (κ1) is 17.9. The Kier molecular flexibility index (Phi) is 4.78. The fourth-order valence-electron chi connectivity index (χ4n) is 4.37. The van der Waals surface area contributed by atoms with Crippen LogP contribution in [0.4, 0.5) is 4.39 Å². The van der Waals surface area contributed by atoms with E-state index < -0.39 is 5.54 Å². The Labute approximate surface area is 155 Å². The molecule has 1 heterocycles. The van der Waals surface area contributed by atoms with E-state index in [2.05, 4.69) is 5.32 Å². The Hall–Kier alpha value is -1.46. The minimum Gasteiger partial charge on any atom is -0.341 e. The monoisotopic (exact) mass is 359 g/mol. The number of nitrogens with zero attached hydrogens (tertiary/aromatic N) is 1. The van der Waals surface area contributed by atoms with Crippen LogP contribution in [0.2, 0.25) is 0 Å². The number of benzene rings is 1. The first-order valence-corrected chi connectivity index (χ1v) is 10.0. The molecule has 1 aromatic rings. The lowest BCUT2D eigenvalue weighted by Crippen LogP contribution is -2.61. The van der Waals surface area contributed by atoms with Crippen molar-refractivity contribution < 1.29 is 9.18 Å². The number of halogens is 1. The predicted octanol–water partition coefficient (Wildman–Crippen LogP) is 2.61. The quantitative estimate of drug-likeness (QED) is 0.821. The highest BCUT2D eigenvalue weighted by molar-refractivity contribution is 5.87. The molecular weight excluding hydrogens is 329 g/mol. The van der Waals surface area contributed by atoms with E-state index in [1.807, 2.05) is 17.0 Å². The maximum Gasteiger partial charge on any atom is 0.242 e. The Balaban J connectivity index is 1.42. The molecule has 0 aromatic heterocycles. The van der Waals surface area contributed by atoms with Crippen molar-refractivity contribution in [1.29, 1.82) is 0 Å². The molecule has 4 nitrogen and oxygen atoms in total. The van der Waals surface area contributed by atoms with Crippen LogP contribution in [0.1, 0.15) is 50.5 Å². The zero-order chi connectivity index (χ0) is 18.2. The summed E-state index contributed by atoms with van der Waals surface area (Å²) in [6, 6.07) is 7.56. The average Bonchev–Trinajstić information content (AvgIpc) is 3.45. The number of nitrogens with one attached hydrogen (secondary N) is 1. The molecule has 4 rings (SSSR count). The molecule has 3 fully saturated rings. The van der Waals surface area contributed by atoms with Crippen LogP contribution in [0.25, 0.3) is 0 Å². The molecule has 3 aliphatic rings. The fourth-order valence-corrected chi connectivity index (χ4v) is 4.37. The van der Waals surface area contributed by atoms with Gasteiger partial charge in [-0.25, -0.2) is 4.39 Å². The molecule has 0 bridgehead atoms. The topological polar surface area (TPSA) is 58.4 Å². The molecular formula is C21H30FN3O. The highest BCUT2D eigenvalue weighted by Crippen LogP contribution is 2.38. The zero-order valence-corrected chi connectivity index (χ0v) is 15.5. The molecule has 2 saturated carbocycles. The number of nitrogens with two attached hydrogens (primary N) is 1. The summed E-state index contributed by atoms with van der Waals surface area (Å²) < 4.78 is 13.2. The van der Waals surface area contributed by atoms with Crippen molar-refractivity contribution in [2.75, 3.05) is 19.6 Å². The molecule has 1 saturated heterocycles. The molecule has 2 aliphatic carbocycles. The van der Waals surface area contributed by atoms with Gasteiger partial charge in [0, 0.05) is 25.7 Å². The van der Waals surface area contributed by atoms with E-state index in [1.54, 1.807) is 12.1 Å². The van der Waals surface area contributed by atoms with Gasteiger partial charge in [0.15, 0.2) is 0 Å². The van der Waals surface area contributed by atoms with Crippen molar-refractivity contribution in [3.63, 3.8) is 0 Å². The van der Waals surface area contributed by atoms with E-state index in [0.717, 1.165) is 58.2 Å². The van der Waals surface area contributed by atoms with Gasteiger partial charge >= 0.3 is 0 Å². The van der Waals surface area contributed by atoms with Crippen molar-refractivity contribution >= 4 is 5.91 Å². The standard InChI is InChI=1S/C21H30FN3O/c22-17-4-2-16(3-5-17)14-20(15-24-18-6-7-18)10-12-25(13-11-20)19(26)21(23)8-1-9-21/h2-5,18,24H,1,6-15,23H2. The number of rotatable bonds is 6. The smallest absolute Gasteiger partial charge is 0.242 e. The SMILES string of the molecule is NC1(C(=O)N2CCC(CNC3CC3)(Cc3ccc(F)cc3)CC2)CCC1. The summed E-state index contributed by atoms with van der Waals surface area (Å²) in [5.74, 6) is -0.0395. The largest absolute Gasteiger partial charge is 0.341 e. The van der Waals surface area contributed by atoms with Gasteiger partial charge in [0.05, 0.1) is 5.54 Å². The second-order valence-corrected chi connectivity index (χ2v) is 8.76. The third kappa shape index (κ3) is 3.79. The highest BCUT2D eigenvalue weighted by atomic mass is 19.1. The van der Waals surface area contributed by atoms with Crippen molar-refractivity contribution in [3.05, 3.63) is 35.6 Å². The van der Waals surface area contributed by atoms with Gasteiger partial charge in [0.25, 0.3) is 0 Å². The van der Waals surface area contributed by atoms with Crippen molar-refractivity contribution in [1.82, 2.24) is 10.2 Å². The van der Waals surface area contributed by atoms with Gasteiger partial charge in [-0.3, -0.25) is 4.79 Å². The Bertz CT molecular complexity index is 644. The molecule has 1 aromatic carbocycles. The number of hydrogen-bond acceptors (Lipinski definition) is 3. The van der Waals surface area contributed by atoms with Gasteiger partial charge in [-0.2, -0.15) is 0 Å². The summed E-state index contributed by atoms with van der Waals surface area (Å²) >= 11 is 0. The molecule has 3 N–H and O–H groups in total. The molecule has 0 radical (unpaired) electrons. The first-order valence-electron chi connectivity index (χ1n) is 10.0. The third-order valence-electron chi connectivity index (χ3n) is 6.62. The van der Waals surface area contributed by atoms with Gasteiger partial charge in [-0.15, -0.1) is 0 Å². The van der Waals surface area contributed by atoms with Gasteiger partial charge in [-0.1, -0.05) is 12.1 Å². The number of likely N-dealkylation sites (tertiary alicyclic amines) is 1. The summed E-state index contributed by atoms with van der Waals surface area (Å²) in [5.41, 5.74) is 6.97. The van der Waals surface area contributed by atoms with Crippen LogP contribution in [0, 0.1) is 11.2 Å². The number of carbonyl (C=O) groups is 1. The Morgan fingerprint density at radius 1 is 1.15 bits per heavy atom. The lowest BCUT2D eigenvalue weighted by atomic mass is 9.72. The first-order chi connectivity index (χ1) is 12.5. The third-order valence-corrected chi connectivity index (χ3v) is 6.62. The number of piperidine rings is 1. The van der Waals surface area contributed by atoms with E-state index in [9.17, 15) is 9.18 Å². The van der Waals surface area contributed by atoms with Crippen LogP contribution < -0.4 is 11.1 Å². The molecule has 142 valence electrons. The normalized spacial score (nSPS) is 24.2. The van der Waals surface area contributed by atoms with E-state index in [4.69, 9.17) is 5.73 Å². The number of hydrogen-bond donors (Lipinski definition) is 2. The van der Waals surface area contributed by atoms with Crippen LogP contribution in [-0.4, -0.2) is 42.0 Å². The highest BCUT2D eigenvalue weighted by Gasteiger charge is 2.45. The van der Waals surface area contributed by atoms with E-state index in [0.29, 0.717) is 6.04 Å². The van der Waals surface area contributed by atoms with Gasteiger partial charge < -0.3 is 16.0 Å². The van der Waals surface area contributed by atoms with Crippen molar-refractivity contribution in [2.24, 2.45) is 11.1 Å². The van der Waals surface area contributed by atoms with Crippen LogP contribution in [0.3, 0.4) is 0 Å². The van der Waals surface area contributed by atoms with Crippen molar-refractivity contribution in [3.8, 4) is 0 Å². The summed E-state index contributed by atoms with van der Waals surface area (Å²) in [7, 11) is 0. The van der Waals surface area contributed by atoms with E-state index >= 15 is 0 Å². The summed E-state index contributed by atoms with van der Waals surface area (Å²) in [6.07, 6.45) is 8.15. The van der Waals surface area contributed by atoms with Crippen molar-refractivity contribution in [2.45, 2.75) is 62.9 Å².